The van der Waals surface area contributed by atoms with Crippen LogP contribution in [0.2, 0.25) is 0 Å². The fraction of sp³-hybridized carbons (Fsp3) is 0.588. The zero-order valence-electron chi connectivity index (χ0n) is 15.1. The van der Waals surface area contributed by atoms with E-state index in [0.717, 1.165) is 23.1 Å². The van der Waals surface area contributed by atoms with Crippen LogP contribution in [0.4, 0.5) is 5.69 Å². The summed E-state index contributed by atoms with van der Waals surface area (Å²) in [5.41, 5.74) is 2.12. The molecule has 0 saturated heterocycles. The van der Waals surface area contributed by atoms with E-state index in [1.54, 1.807) is 20.8 Å². The van der Waals surface area contributed by atoms with Gasteiger partial charge in [-0.05, 0) is 44.7 Å². The van der Waals surface area contributed by atoms with Gasteiger partial charge in [0, 0.05) is 11.2 Å². The second kappa shape index (κ2) is 7.01. The van der Waals surface area contributed by atoms with E-state index in [2.05, 4.69) is 19.2 Å². The fourth-order valence-corrected chi connectivity index (χ4v) is 3.85. The van der Waals surface area contributed by atoms with Gasteiger partial charge in [0.1, 0.15) is 0 Å². The summed E-state index contributed by atoms with van der Waals surface area (Å²) in [5.74, 6) is -0.0691. The molecule has 0 radical (unpaired) electrons. The van der Waals surface area contributed by atoms with Gasteiger partial charge >= 0.3 is 0 Å². The molecular formula is C17H28N2O3S. The monoisotopic (exact) mass is 340 g/mol. The number of nitrogens with one attached hydrogen (secondary N) is 1. The average Bonchev–Trinajstić information content (AvgIpc) is 2.35. The van der Waals surface area contributed by atoms with E-state index >= 15 is 0 Å². The van der Waals surface area contributed by atoms with Gasteiger partial charge in [-0.1, -0.05) is 32.0 Å². The third-order valence-electron chi connectivity index (χ3n) is 3.63. The highest BCUT2D eigenvalue weighted by Crippen LogP contribution is 2.27. The van der Waals surface area contributed by atoms with Gasteiger partial charge < -0.3 is 5.32 Å². The van der Waals surface area contributed by atoms with Crippen LogP contribution in [0.1, 0.15) is 51.7 Å². The van der Waals surface area contributed by atoms with Crippen molar-refractivity contribution in [2.45, 2.75) is 53.0 Å². The molecule has 6 heteroatoms. The lowest BCUT2D eigenvalue weighted by Crippen LogP contribution is -2.48. The summed E-state index contributed by atoms with van der Waals surface area (Å²) in [5, 5.41) is 2.89. The molecule has 0 atom stereocenters. The van der Waals surface area contributed by atoms with Crippen molar-refractivity contribution in [3.63, 3.8) is 0 Å². The number of benzene rings is 1. The summed E-state index contributed by atoms with van der Waals surface area (Å²) in [6.07, 6.45) is 1.12. The number of para-hydroxylation sites is 1. The molecule has 1 aromatic carbocycles. The number of amides is 1. The first-order valence-electron chi connectivity index (χ1n) is 7.71. The topological polar surface area (TPSA) is 66.5 Å². The summed E-state index contributed by atoms with van der Waals surface area (Å²) in [7, 11) is -3.47. The smallest absolute Gasteiger partial charge is 0.239 e. The highest BCUT2D eigenvalue weighted by molar-refractivity contribution is 7.88. The maximum Gasteiger partial charge on any atom is 0.239 e. The molecule has 0 saturated carbocycles. The number of rotatable bonds is 5. The van der Waals surface area contributed by atoms with Gasteiger partial charge in [0.05, 0.1) is 12.8 Å². The van der Waals surface area contributed by atoms with Crippen molar-refractivity contribution in [2.75, 3.05) is 18.1 Å². The number of nitrogens with zero attached hydrogens (tertiary/aromatic N) is 1. The Kier molecular flexibility index (Phi) is 5.99. The minimum atomic E-state index is -3.47. The second-order valence-corrected chi connectivity index (χ2v) is 9.09. The van der Waals surface area contributed by atoms with Gasteiger partial charge in [-0.25, -0.2) is 8.42 Å². The van der Waals surface area contributed by atoms with Gasteiger partial charge in [-0.15, -0.1) is 0 Å². The Morgan fingerprint density at radius 3 is 2.26 bits per heavy atom. The summed E-state index contributed by atoms with van der Waals surface area (Å²) in [6.45, 7) is 11.2. The van der Waals surface area contributed by atoms with Crippen LogP contribution in [0.3, 0.4) is 0 Å². The van der Waals surface area contributed by atoms with Crippen LogP contribution in [0, 0.1) is 6.92 Å². The van der Waals surface area contributed by atoms with Crippen LogP contribution < -0.4 is 5.32 Å². The number of hydrogen-bond acceptors (Lipinski definition) is 3. The zero-order valence-corrected chi connectivity index (χ0v) is 15.9. The largest absolute Gasteiger partial charge is 0.324 e. The summed E-state index contributed by atoms with van der Waals surface area (Å²) >= 11 is 0. The molecule has 130 valence electrons. The first-order chi connectivity index (χ1) is 10.3. The Morgan fingerprint density at radius 1 is 1.26 bits per heavy atom. The van der Waals surface area contributed by atoms with Gasteiger partial charge in [-0.2, -0.15) is 4.31 Å². The van der Waals surface area contributed by atoms with Crippen molar-refractivity contribution in [1.29, 1.82) is 0 Å². The number of sulfonamides is 1. The maximum atomic E-state index is 12.4. The van der Waals surface area contributed by atoms with Crippen LogP contribution in [-0.4, -0.2) is 37.0 Å². The maximum absolute atomic E-state index is 12.4. The van der Waals surface area contributed by atoms with Gasteiger partial charge in [-0.3, -0.25) is 4.79 Å². The van der Waals surface area contributed by atoms with Crippen molar-refractivity contribution in [3.8, 4) is 0 Å². The minimum Gasteiger partial charge on any atom is -0.324 e. The molecule has 0 bridgehead atoms. The zero-order chi connectivity index (χ0) is 18.0. The van der Waals surface area contributed by atoms with E-state index in [4.69, 9.17) is 0 Å². The van der Waals surface area contributed by atoms with Crippen LogP contribution >= 0.6 is 0 Å². The summed E-state index contributed by atoms with van der Waals surface area (Å²) in [6, 6.07) is 5.86. The molecule has 0 heterocycles. The van der Waals surface area contributed by atoms with E-state index in [0.29, 0.717) is 0 Å². The van der Waals surface area contributed by atoms with Crippen molar-refractivity contribution in [2.24, 2.45) is 0 Å². The number of carbonyl (C=O) groups is 1. The standard InChI is InChI=1S/C17H28N2O3S/c1-12(2)14-10-8-9-13(3)16(14)18-15(20)11-19(17(4,5)6)23(7,21)22/h8-10,12H,11H2,1-7H3,(H,18,20). The molecule has 1 N–H and O–H groups in total. The Bertz CT molecular complexity index is 674. The predicted octanol–water partition coefficient (Wildman–Crippen LogP) is 3.12. The lowest BCUT2D eigenvalue weighted by Gasteiger charge is -2.32. The molecule has 23 heavy (non-hydrogen) atoms. The van der Waals surface area contributed by atoms with E-state index in [-0.39, 0.29) is 18.4 Å². The molecule has 0 unspecified atom stereocenters. The van der Waals surface area contributed by atoms with Crippen LogP contribution in [0.25, 0.3) is 0 Å². The van der Waals surface area contributed by atoms with Gasteiger partial charge in [0.2, 0.25) is 15.9 Å². The summed E-state index contributed by atoms with van der Waals surface area (Å²) < 4.78 is 25.1. The Labute approximate surface area is 140 Å². The average molecular weight is 340 g/mol. The Hall–Kier alpha value is -1.40. The quantitative estimate of drug-likeness (QED) is 0.895. The molecule has 5 nitrogen and oxygen atoms in total. The highest BCUT2D eigenvalue weighted by atomic mass is 32.2. The SMILES string of the molecule is Cc1cccc(C(C)C)c1NC(=O)CN(C(C)(C)C)S(C)(=O)=O. The third-order valence-corrected chi connectivity index (χ3v) is 5.10. The molecule has 1 rings (SSSR count). The van der Waals surface area contributed by atoms with E-state index in [1.165, 1.54) is 4.31 Å². The van der Waals surface area contributed by atoms with E-state index in [9.17, 15) is 13.2 Å². The van der Waals surface area contributed by atoms with Crippen molar-refractivity contribution in [3.05, 3.63) is 29.3 Å². The van der Waals surface area contributed by atoms with Crippen LogP contribution in [-0.2, 0) is 14.8 Å². The van der Waals surface area contributed by atoms with Crippen LogP contribution in [0.5, 0.6) is 0 Å². The molecule has 0 aromatic heterocycles. The lowest BCUT2D eigenvalue weighted by molar-refractivity contribution is -0.117. The fourth-order valence-electron chi connectivity index (χ4n) is 2.50. The normalized spacial score (nSPS) is 12.7. The molecule has 0 spiro atoms. The lowest BCUT2D eigenvalue weighted by atomic mass is 9.98. The highest BCUT2D eigenvalue weighted by Gasteiger charge is 2.31. The van der Waals surface area contributed by atoms with Crippen molar-refractivity contribution in [1.82, 2.24) is 4.31 Å². The van der Waals surface area contributed by atoms with Crippen LogP contribution in [0.15, 0.2) is 18.2 Å². The van der Waals surface area contributed by atoms with Crippen molar-refractivity contribution < 1.29 is 13.2 Å². The Balaban J connectivity index is 3.06. The second-order valence-electron chi connectivity index (χ2n) is 7.18. The number of aryl methyl sites for hydroxylation is 1. The first kappa shape index (κ1) is 19.6. The third kappa shape index (κ3) is 5.32. The number of anilines is 1. The molecule has 1 amide bonds. The van der Waals surface area contributed by atoms with Crippen molar-refractivity contribution >= 4 is 21.6 Å². The molecule has 0 aliphatic carbocycles. The molecule has 0 aliphatic rings. The number of hydrogen-bond donors (Lipinski definition) is 1. The molecular weight excluding hydrogens is 312 g/mol. The molecule has 1 aromatic rings. The van der Waals surface area contributed by atoms with Gasteiger partial charge in [0.15, 0.2) is 0 Å². The minimum absolute atomic E-state index is 0.200. The molecule has 0 fully saturated rings. The molecule has 0 aliphatic heterocycles. The summed E-state index contributed by atoms with van der Waals surface area (Å²) in [4.78, 5) is 12.4. The Morgan fingerprint density at radius 2 is 1.83 bits per heavy atom. The van der Waals surface area contributed by atoms with E-state index in [1.807, 2.05) is 25.1 Å². The first-order valence-corrected chi connectivity index (χ1v) is 9.56. The predicted molar refractivity (Wildman–Crippen MR) is 95.2 cm³/mol. The van der Waals surface area contributed by atoms with Gasteiger partial charge in [0.25, 0.3) is 0 Å². The van der Waals surface area contributed by atoms with E-state index < -0.39 is 15.6 Å². The number of carbonyl (C=O) groups excluding carboxylic acids is 1.